The van der Waals surface area contributed by atoms with E-state index in [1.54, 1.807) is 24.7 Å². The van der Waals surface area contributed by atoms with Crippen molar-refractivity contribution in [2.24, 2.45) is 4.99 Å². The first-order valence-electron chi connectivity index (χ1n) is 5.99. The molecule has 0 aromatic carbocycles. The lowest BCUT2D eigenvalue weighted by atomic mass is 10.1. The minimum atomic E-state index is 0.587. The maximum Gasteiger partial charge on any atom is 0.140 e. The van der Waals surface area contributed by atoms with Crippen molar-refractivity contribution in [3.05, 3.63) is 70.6 Å². The number of nitrogens with zero attached hydrogens (tertiary/aromatic N) is 2. The lowest BCUT2D eigenvalue weighted by Crippen LogP contribution is -2.24. The van der Waals surface area contributed by atoms with Crippen molar-refractivity contribution in [1.29, 1.82) is 0 Å². The molecule has 0 N–H and O–H groups in total. The van der Waals surface area contributed by atoms with Crippen LogP contribution >= 0.6 is 0 Å². The number of allylic oxidation sites excluding steroid dienone is 3. The molecule has 19 heavy (non-hydrogen) atoms. The van der Waals surface area contributed by atoms with E-state index in [1.807, 2.05) is 18.3 Å². The highest BCUT2D eigenvalue weighted by Crippen LogP contribution is 2.17. The van der Waals surface area contributed by atoms with Crippen LogP contribution in [0.4, 0.5) is 0 Å². The average Bonchev–Trinajstić information content (AvgIpc) is 2.59. The molecule has 3 heteroatoms. The van der Waals surface area contributed by atoms with Crippen molar-refractivity contribution in [1.82, 2.24) is 4.98 Å². The van der Waals surface area contributed by atoms with Crippen molar-refractivity contribution in [2.45, 2.75) is 6.42 Å². The fourth-order valence-electron chi connectivity index (χ4n) is 1.97. The molecule has 1 aromatic heterocycles. The Morgan fingerprint density at radius 2 is 2.26 bits per heavy atom. The highest BCUT2D eigenvalue weighted by Gasteiger charge is 2.07. The Bertz CT molecular complexity index is 775. The lowest BCUT2D eigenvalue weighted by molar-refractivity contribution is 0.342. The highest BCUT2D eigenvalue weighted by molar-refractivity contribution is 5.82. The number of hydrogen-bond acceptors (Lipinski definition) is 3. The van der Waals surface area contributed by atoms with Gasteiger partial charge >= 0.3 is 0 Å². The van der Waals surface area contributed by atoms with E-state index in [0.717, 1.165) is 28.2 Å². The van der Waals surface area contributed by atoms with Crippen LogP contribution in [0.2, 0.25) is 0 Å². The summed E-state index contributed by atoms with van der Waals surface area (Å²) in [5.41, 5.74) is 3.94. The van der Waals surface area contributed by atoms with E-state index in [2.05, 4.69) is 28.4 Å². The number of aromatic nitrogens is 1. The van der Waals surface area contributed by atoms with Crippen LogP contribution < -0.4 is 10.4 Å². The van der Waals surface area contributed by atoms with Crippen LogP contribution in [0.1, 0.15) is 6.42 Å². The summed E-state index contributed by atoms with van der Waals surface area (Å²) in [5, 5.41) is 2.12. The highest BCUT2D eigenvalue weighted by atomic mass is 16.5. The van der Waals surface area contributed by atoms with Crippen LogP contribution in [0.3, 0.4) is 0 Å². The van der Waals surface area contributed by atoms with Gasteiger partial charge in [-0.2, -0.15) is 0 Å². The number of hydrogen-bond donors (Lipinski definition) is 0. The van der Waals surface area contributed by atoms with Gasteiger partial charge < -0.3 is 4.74 Å². The Morgan fingerprint density at radius 1 is 1.32 bits per heavy atom. The summed E-state index contributed by atoms with van der Waals surface area (Å²) in [6.45, 7) is 3.93. The van der Waals surface area contributed by atoms with Crippen LogP contribution in [0.25, 0.3) is 12.2 Å². The zero-order chi connectivity index (χ0) is 13.1. The van der Waals surface area contributed by atoms with Crippen LogP contribution in [0.5, 0.6) is 0 Å². The summed E-state index contributed by atoms with van der Waals surface area (Å²) in [6, 6.07) is 1.95. The van der Waals surface area contributed by atoms with Gasteiger partial charge in [-0.1, -0.05) is 18.4 Å². The largest absolute Gasteiger partial charge is 0.457 e. The molecule has 0 unspecified atom stereocenters. The predicted octanol–water partition coefficient (Wildman–Crippen LogP) is 1.58. The Hall–Kier alpha value is -2.64. The van der Waals surface area contributed by atoms with E-state index in [4.69, 9.17) is 4.74 Å². The first-order valence-corrected chi connectivity index (χ1v) is 5.99. The molecule has 3 rings (SSSR count). The number of rotatable bonds is 0. The number of ether oxygens (including phenoxy) is 1. The van der Waals surface area contributed by atoms with Gasteiger partial charge in [0, 0.05) is 30.3 Å². The van der Waals surface area contributed by atoms with Gasteiger partial charge in [-0.3, -0.25) is 9.98 Å². The topological polar surface area (TPSA) is 34.5 Å². The Kier molecular flexibility index (Phi) is 2.97. The minimum absolute atomic E-state index is 0.587. The van der Waals surface area contributed by atoms with E-state index in [0.29, 0.717) is 5.76 Å². The van der Waals surface area contributed by atoms with Crippen LogP contribution in [0, 0.1) is 0 Å². The van der Waals surface area contributed by atoms with E-state index in [9.17, 15) is 0 Å². The average molecular weight is 248 g/mol. The Labute approximate surface area is 111 Å². The molecular formula is C16H12N2O. The molecule has 0 atom stereocenters. The van der Waals surface area contributed by atoms with Crippen molar-refractivity contribution in [2.75, 3.05) is 0 Å². The fraction of sp³-hybridized carbons (Fsp3) is 0.0625. The quantitative estimate of drug-likeness (QED) is 0.653. The zero-order valence-corrected chi connectivity index (χ0v) is 10.3. The van der Waals surface area contributed by atoms with Gasteiger partial charge in [0.05, 0.1) is 6.20 Å². The van der Waals surface area contributed by atoms with Crippen molar-refractivity contribution < 1.29 is 4.74 Å². The van der Waals surface area contributed by atoms with Crippen LogP contribution in [-0.2, 0) is 4.74 Å². The molecule has 3 nitrogen and oxygen atoms in total. The van der Waals surface area contributed by atoms with Gasteiger partial charge in [0.25, 0.3) is 0 Å². The van der Waals surface area contributed by atoms with Gasteiger partial charge in [-0.05, 0) is 29.0 Å². The summed E-state index contributed by atoms with van der Waals surface area (Å²) in [6.07, 6.45) is 13.5. The van der Waals surface area contributed by atoms with Crippen LogP contribution in [-0.4, -0.2) is 11.2 Å². The molecule has 0 bridgehead atoms. The molecule has 92 valence electrons. The molecule has 1 aromatic rings. The molecule has 0 radical (unpaired) electrons. The lowest BCUT2D eigenvalue weighted by Gasteiger charge is -2.07. The number of aliphatic imine (C=N–C) groups is 1. The Morgan fingerprint density at radius 3 is 3.21 bits per heavy atom. The van der Waals surface area contributed by atoms with Gasteiger partial charge in [0.15, 0.2) is 0 Å². The number of fused-ring (bicyclic) bond motifs is 1. The molecule has 0 saturated heterocycles. The standard InChI is InChI=1S/C16H12N2O/c1-12-9-13-6-8-18-10-14(13)4-5-15-11-17-7-2-3-16(15)19-12/h3-4,6-11H,1,5H2/b13-9-,14-4-. The molecule has 2 aliphatic heterocycles. The second-order valence-corrected chi connectivity index (χ2v) is 4.23. The summed E-state index contributed by atoms with van der Waals surface area (Å²) in [5.74, 6) is 1.32. The van der Waals surface area contributed by atoms with Crippen LogP contribution in [0.15, 0.2) is 65.1 Å². The maximum atomic E-state index is 5.77. The second-order valence-electron chi connectivity index (χ2n) is 4.23. The first-order chi connectivity index (χ1) is 9.33. The first kappa shape index (κ1) is 11.5. The molecular weight excluding hydrogens is 236 g/mol. The molecule has 0 amide bonds. The normalized spacial score (nSPS) is 20.5. The molecule has 0 fully saturated rings. The molecule has 2 aliphatic rings. The number of pyridine rings is 1. The second kappa shape index (κ2) is 4.92. The van der Waals surface area contributed by atoms with E-state index < -0.39 is 0 Å². The summed E-state index contributed by atoms with van der Waals surface area (Å²) in [7, 11) is 0. The van der Waals surface area contributed by atoms with E-state index >= 15 is 0 Å². The third kappa shape index (κ3) is 2.46. The Balaban J connectivity index is 2.18. The third-order valence-corrected chi connectivity index (χ3v) is 2.90. The third-order valence-electron chi connectivity index (χ3n) is 2.90. The SMILES string of the molecule is C=C1/C=c2/ccnc/c2=C/CC2=C(C=C=CN=C2)O1. The van der Waals surface area contributed by atoms with E-state index in [-0.39, 0.29) is 0 Å². The predicted molar refractivity (Wildman–Crippen MR) is 75.4 cm³/mol. The van der Waals surface area contributed by atoms with Gasteiger partial charge in [-0.15, -0.1) is 0 Å². The summed E-state index contributed by atoms with van der Waals surface area (Å²) in [4.78, 5) is 8.28. The molecule has 0 spiro atoms. The molecule has 0 saturated carbocycles. The van der Waals surface area contributed by atoms with Crippen molar-refractivity contribution in [3.63, 3.8) is 0 Å². The fourth-order valence-corrected chi connectivity index (χ4v) is 1.97. The van der Waals surface area contributed by atoms with Gasteiger partial charge in [0.2, 0.25) is 0 Å². The maximum absolute atomic E-state index is 5.77. The summed E-state index contributed by atoms with van der Waals surface area (Å²) < 4.78 is 5.77. The molecule has 0 aliphatic carbocycles. The smallest absolute Gasteiger partial charge is 0.140 e. The van der Waals surface area contributed by atoms with Gasteiger partial charge in [0.1, 0.15) is 11.5 Å². The van der Waals surface area contributed by atoms with Crippen molar-refractivity contribution in [3.8, 4) is 0 Å². The molecule has 3 heterocycles. The minimum Gasteiger partial charge on any atom is -0.457 e. The monoisotopic (exact) mass is 248 g/mol. The summed E-state index contributed by atoms with van der Waals surface area (Å²) >= 11 is 0. The zero-order valence-electron chi connectivity index (χ0n) is 10.3. The van der Waals surface area contributed by atoms with Gasteiger partial charge in [-0.25, -0.2) is 0 Å². The van der Waals surface area contributed by atoms with Crippen molar-refractivity contribution >= 4 is 18.4 Å². The van der Waals surface area contributed by atoms with E-state index in [1.165, 1.54) is 0 Å².